The van der Waals surface area contributed by atoms with Crippen molar-refractivity contribution in [2.75, 3.05) is 5.32 Å². The minimum atomic E-state index is -0.981. The maximum absolute atomic E-state index is 10.9. The number of hydrogen-bond donors (Lipinski definition) is 2. The van der Waals surface area contributed by atoms with Gasteiger partial charge in [0.2, 0.25) is 0 Å². The number of rotatable bonds is 4. The first-order chi connectivity index (χ1) is 8.56. The fraction of sp³-hybridized carbons (Fsp3) is 0.154. The third-order valence-corrected chi connectivity index (χ3v) is 2.73. The summed E-state index contributed by atoms with van der Waals surface area (Å²) >= 11 is 5.86. The van der Waals surface area contributed by atoms with Crippen molar-refractivity contribution >= 4 is 23.3 Å². The SMILES string of the molecule is Cc1oc(CNc2cccc(Cl)c2)cc1C(=O)O. The second-order valence-corrected chi connectivity index (χ2v) is 4.29. The van der Waals surface area contributed by atoms with Gasteiger partial charge in [-0.2, -0.15) is 0 Å². The molecule has 0 fully saturated rings. The van der Waals surface area contributed by atoms with Gasteiger partial charge in [-0.25, -0.2) is 4.79 Å². The lowest BCUT2D eigenvalue weighted by Crippen LogP contribution is -1.98. The minimum Gasteiger partial charge on any atom is -0.478 e. The summed E-state index contributed by atoms with van der Waals surface area (Å²) in [5, 5.41) is 12.7. The number of benzene rings is 1. The van der Waals surface area contributed by atoms with E-state index in [1.54, 1.807) is 19.1 Å². The second-order valence-electron chi connectivity index (χ2n) is 3.85. The molecular formula is C13H12ClNO3. The van der Waals surface area contributed by atoms with E-state index in [4.69, 9.17) is 21.1 Å². The number of carboxylic acid groups (broad SMARTS) is 1. The van der Waals surface area contributed by atoms with E-state index in [-0.39, 0.29) is 5.56 Å². The number of nitrogens with one attached hydrogen (secondary N) is 1. The molecule has 0 amide bonds. The third-order valence-electron chi connectivity index (χ3n) is 2.49. The molecule has 1 aromatic carbocycles. The van der Waals surface area contributed by atoms with E-state index in [1.807, 2.05) is 12.1 Å². The summed E-state index contributed by atoms with van der Waals surface area (Å²) in [5.74, 6) is 0.000486. The summed E-state index contributed by atoms with van der Waals surface area (Å²) in [4.78, 5) is 10.9. The van der Waals surface area contributed by atoms with Crippen LogP contribution in [0.4, 0.5) is 5.69 Å². The van der Waals surface area contributed by atoms with Gasteiger partial charge >= 0.3 is 5.97 Å². The molecule has 2 aromatic rings. The van der Waals surface area contributed by atoms with Gasteiger partial charge in [0, 0.05) is 10.7 Å². The zero-order valence-electron chi connectivity index (χ0n) is 9.74. The van der Waals surface area contributed by atoms with Gasteiger partial charge in [0.25, 0.3) is 0 Å². The molecule has 94 valence electrons. The van der Waals surface area contributed by atoms with E-state index >= 15 is 0 Å². The number of aryl methyl sites for hydroxylation is 1. The van der Waals surface area contributed by atoms with Gasteiger partial charge in [0.05, 0.1) is 6.54 Å². The zero-order valence-corrected chi connectivity index (χ0v) is 10.5. The Balaban J connectivity index is 2.06. The first kappa shape index (κ1) is 12.5. The molecular weight excluding hydrogens is 254 g/mol. The summed E-state index contributed by atoms with van der Waals surface area (Å²) in [7, 11) is 0. The smallest absolute Gasteiger partial charge is 0.339 e. The summed E-state index contributed by atoms with van der Waals surface area (Å²) < 4.78 is 5.35. The van der Waals surface area contributed by atoms with Gasteiger partial charge in [0.1, 0.15) is 17.1 Å². The molecule has 0 aliphatic rings. The summed E-state index contributed by atoms with van der Waals surface area (Å²) in [6.45, 7) is 2.04. The first-order valence-electron chi connectivity index (χ1n) is 5.38. The van der Waals surface area contributed by atoms with Crippen LogP contribution >= 0.6 is 11.6 Å². The largest absolute Gasteiger partial charge is 0.478 e. The van der Waals surface area contributed by atoms with E-state index in [1.165, 1.54) is 6.07 Å². The van der Waals surface area contributed by atoms with E-state index in [2.05, 4.69) is 5.32 Å². The molecule has 5 heteroatoms. The lowest BCUT2D eigenvalue weighted by molar-refractivity contribution is 0.0695. The van der Waals surface area contributed by atoms with Gasteiger partial charge in [-0.15, -0.1) is 0 Å². The fourth-order valence-corrected chi connectivity index (χ4v) is 1.82. The van der Waals surface area contributed by atoms with Crippen molar-refractivity contribution in [1.82, 2.24) is 0 Å². The fourth-order valence-electron chi connectivity index (χ4n) is 1.63. The Labute approximate surface area is 109 Å². The molecule has 2 rings (SSSR count). The minimum absolute atomic E-state index is 0.192. The summed E-state index contributed by atoms with van der Waals surface area (Å²) in [5.41, 5.74) is 1.05. The van der Waals surface area contributed by atoms with Crippen LogP contribution in [0.3, 0.4) is 0 Å². The van der Waals surface area contributed by atoms with Crippen molar-refractivity contribution in [3.63, 3.8) is 0 Å². The van der Waals surface area contributed by atoms with Crippen molar-refractivity contribution < 1.29 is 14.3 Å². The normalized spacial score (nSPS) is 10.3. The Bertz CT molecular complexity index is 577. The maximum Gasteiger partial charge on any atom is 0.339 e. The summed E-state index contributed by atoms with van der Waals surface area (Å²) in [6, 6.07) is 8.80. The lowest BCUT2D eigenvalue weighted by atomic mass is 10.2. The van der Waals surface area contributed by atoms with Crippen LogP contribution in [0, 0.1) is 6.92 Å². The Morgan fingerprint density at radius 3 is 2.83 bits per heavy atom. The Kier molecular flexibility index (Phi) is 3.58. The molecule has 0 saturated heterocycles. The maximum atomic E-state index is 10.9. The van der Waals surface area contributed by atoms with Crippen LogP contribution in [-0.2, 0) is 6.54 Å². The Hall–Kier alpha value is -1.94. The highest BCUT2D eigenvalue weighted by molar-refractivity contribution is 6.30. The zero-order chi connectivity index (χ0) is 13.1. The van der Waals surface area contributed by atoms with E-state index < -0.39 is 5.97 Å². The van der Waals surface area contributed by atoms with E-state index in [9.17, 15) is 4.79 Å². The quantitative estimate of drug-likeness (QED) is 0.887. The van der Waals surface area contributed by atoms with Gasteiger partial charge in [-0.1, -0.05) is 17.7 Å². The highest BCUT2D eigenvalue weighted by Crippen LogP contribution is 2.18. The highest BCUT2D eigenvalue weighted by Gasteiger charge is 2.13. The first-order valence-corrected chi connectivity index (χ1v) is 5.76. The predicted molar refractivity (Wildman–Crippen MR) is 69.2 cm³/mol. The molecule has 1 heterocycles. The molecule has 0 atom stereocenters. The van der Waals surface area contributed by atoms with Crippen molar-refractivity contribution in [1.29, 1.82) is 0 Å². The monoisotopic (exact) mass is 265 g/mol. The standard InChI is InChI=1S/C13H12ClNO3/c1-8-12(13(16)17)6-11(18-8)7-15-10-4-2-3-9(14)5-10/h2-6,15H,7H2,1H3,(H,16,17). The molecule has 0 saturated carbocycles. The number of hydrogen-bond acceptors (Lipinski definition) is 3. The molecule has 2 N–H and O–H groups in total. The Morgan fingerprint density at radius 2 is 2.22 bits per heavy atom. The predicted octanol–water partition coefficient (Wildman–Crippen LogP) is 3.55. The number of carbonyl (C=O) groups is 1. The van der Waals surface area contributed by atoms with Gasteiger partial charge < -0.3 is 14.8 Å². The number of furan rings is 1. The van der Waals surface area contributed by atoms with Gasteiger partial charge in [-0.3, -0.25) is 0 Å². The molecule has 0 bridgehead atoms. The highest BCUT2D eigenvalue weighted by atomic mass is 35.5. The average molecular weight is 266 g/mol. The Morgan fingerprint density at radius 1 is 1.44 bits per heavy atom. The van der Waals surface area contributed by atoms with Crippen LogP contribution in [0.5, 0.6) is 0 Å². The van der Waals surface area contributed by atoms with Gasteiger partial charge in [-0.05, 0) is 31.2 Å². The number of carboxylic acids is 1. The molecule has 1 aromatic heterocycles. The molecule has 0 aliphatic carbocycles. The summed E-state index contributed by atoms with van der Waals surface area (Å²) in [6.07, 6.45) is 0. The number of aromatic carboxylic acids is 1. The van der Waals surface area contributed by atoms with Crippen LogP contribution in [0.25, 0.3) is 0 Å². The molecule has 0 spiro atoms. The molecule has 0 unspecified atom stereocenters. The van der Waals surface area contributed by atoms with E-state index in [0.717, 1.165) is 5.69 Å². The van der Waals surface area contributed by atoms with Crippen LogP contribution < -0.4 is 5.32 Å². The van der Waals surface area contributed by atoms with Crippen molar-refractivity contribution in [3.05, 3.63) is 52.4 Å². The number of halogens is 1. The molecule has 0 aliphatic heterocycles. The average Bonchev–Trinajstić information content (AvgIpc) is 2.68. The van der Waals surface area contributed by atoms with Crippen LogP contribution in [0.15, 0.2) is 34.7 Å². The van der Waals surface area contributed by atoms with Crippen LogP contribution in [-0.4, -0.2) is 11.1 Å². The molecule has 18 heavy (non-hydrogen) atoms. The molecule has 4 nitrogen and oxygen atoms in total. The van der Waals surface area contributed by atoms with Crippen LogP contribution in [0.1, 0.15) is 21.9 Å². The van der Waals surface area contributed by atoms with Crippen molar-refractivity contribution in [3.8, 4) is 0 Å². The van der Waals surface area contributed by atoms with Gasteiger partial charge in [0.15, 0.2) is 0 Å². The van der Waals surface area contributed by atoms with Crippen molar-refractivity contribution in [2.45, 2.75) is 13.5 Å². The van der Waals surface area contributed by atoms with Crippen LogP contribution in [0.2, 0.25) is 5.02 Å². The lowest BCUT2D eigenvalue weighted by Gasteiger charge is -2.04. The van der Waals surface area contributed by atoms with Crippen molar-refractivity contribution in [2.24, 2.45) is 0 Å². The number of anilines is 1. The second kappa shape index (κ2) is 5.14. The third kappa shape index (κ3) is 2.84. The topological polar surface area (TPSA) is 62.5 Å². The molecule has 0 radical (unpaired) electrons. The van der Waals surface area contributed by atoms with E-state index in [0.29, 0.717) is 23.1 Å².